The van der Waals surface area contributed by atoms with E-state index < -0.39 is 0 Å². The van der Waals surface area contributed by atoms with Gasteiger partial charge in [0.15, 0.2) is 11.5 Å². The number of likely N-dealkylation sites (tertiary alicyclic amines) is 1. The van der Waals surface area contributed by atoms with E-state index in [1.807, 2.05) is 12.1 Å². The molecule has 2 aliphatic heterocycles. The van der Waals surface area contributed by atoms with Gasteiger partial charge < -0.3 is 19.3 Å². The van der Waals surface area contributed by atoms with Gasteiger partial charge in [-0.25, -0.2) is 0 Å². The Hall–Kier alpha value is -1.91. The highest BCUT2D eigenvalue weighted by Gasteiger charge is 2.55. The van der Waals surface area contributed by atoms with Gasteiger partial charge in [0.05, 0.1) is 41.8 Å². The Kier molecular flexibility index (Phi) is 7.16. The van der Waals surface area contributed by atoms with Crippen LogP contribution in [0.2, 0.25) is 0 Å². The van der Waals surface area contributed by atoms with Gasteiger partial charge in [0.25, 0.3) is 0 Å². The third-order valence-corrected chi connectivity index (χ3v) is 7.85. The molecule has 0 spiro atoms. The first-order valence-electron chi connectivity index (χ1n) is 11.1. The molecular weight excluding hydrogens is 537 g/mol. The monoisotopic (exact) mass is 567 g/mol. The summed E-state index contributed by atoms with van der Waals surface area (Å²) in [6.07, 6.45) is 4.20. The van der Waals surface area contributed by atoms with Gasteiger partial charge in [-0.2, -0.15) is 0 Å². The molecule has 1 aromatic rings. The summed E-state index contributed by atoms with van der Waals surface area (Å²) in [5.74, 6) is -0.220. The van der Waals surface area contributed by atoms with Crippen LogP contribution in [0.5, 0.6) is 11.5 Å². The Morgan fingerprint density at radius 3 is 2.73 bits per heavy atom. The van der Waals surface area contributed by atoms with Crippen molar-refractivity contribution in [2.24, 2.45) is 17.8 Å². The average Bonchev–Trinajstić information content (AvgIpc) is 3.30. The average molecular weight is 567 g/mol. The minimum Gasteiger partial charge on any atom is -0.504 e. The number of aromatic hydroxyl groups is 1. The van der Waals surface area contributed by atoms with Crippen LogP contribution < -0.4 is 4.74 Å². The molecule has 2 amide bonds. The van der Waals surface area contributed by atoms with E-state index in [-0.39, 0.29) is 41.4 Å². The second kappa shape index (κ2) is 9.76. The molecule has 1 aromatic carbocycles. The molecule has 0 radical (unpaired) electrons. The van der Waals surface area contributed by atoms with E-state index in [4.69, 9.17) is 14.2 Å². The lowest BCUT2D eigenvalue weighted by molar-refractivity contribution is -0.138. The third-order valence-electron chi connectivity index (χ3n) is 7.03. The van der Waals surface area contributed by atoms with E-state index in [0.717, 1.165) is 27.5 Å². The fourth-order valence-corrected chi connectivity index (χ4v) is 6.11. The number of fused-ring (bicyclic) bond motifs is 3. The van der Waals surface area contributed by atoms with Crippen LogP contribution in [-0.2, 0) is 19.1 Å². The summed E-state index contributed by atoms with van der Waals surface area (Å²) in [5.41, 5.74) is 4.43. The molecule has 0 unspecified atom stereocenters. The van der Waals surface area contributed by atoms with Crippen LogP contribution in [0.25, 0.3) is 6.08 Å². The number of benzene rings is 1. The summed E-state index contributed by atoms with van der Waals surface area (Å²) in [6.45, 7) is 3.01. The van der Waals surface area contributed by atoms with E-state index in [1.54, 1.807) is 21.3 Å². The molecule has 4 rings (SSSR count). The summed E-state index contributed by atoms with van der Waals surface area (Å²) in [4.78, 5) is 26.7. The standard InChI is InChI=1S/C25H30INO6/c1-13(7-14-8-18(26)23(28)20(9-14)32-4)5-6-19-21-15(11-31-3)10-16-22(17(21)12-33-19)25(30)27(2)24(16)29/h7-9,16-17,19,22,28H,5-6,10-12H2,1-4H3/b13-7+/t16-,17+,19-,22-/m1/s1. The number of carbonyl (C=O) groups excluding carboxylic acids is 2. The number of carbonyl (C=O) groups is 2. The first kappa shape index (κ1) is 24.2. The predicted octanol–water partition coefficient (Wildman–Crippen LogP) is 3.78. The summed E-state index contributed by atoms with van der Waals surface area (Å²) < 4.78 is 17.7. The minimum absolute atomic E-state index is 0.0486. The molecule has 7 nitrogen and oxygen atoms in total. The number of ether oxygens (including phenoxy) is 3. The number of allylic oxidation sites excluding steroid dienone is 1. The first-order valence-corrected chi connectivity index (χ1v) is 12.2. The maximum atomic E-state index is 12.8. The number of hydrogen-bond acceptors (Lipinski definition) is 6. The van der Waals surface area contributed by atoms with Crippen LogP contribution in [0.1, 0.15) is 31.7 Å². The van der Waals surface area contributed by atoms with Crippen LogP contribution in [0.4, 0.5) is 0 Å². The number of imide groups is 1. The fourth-order valence-electron chi connectivity index (χ4n) is 5.49. The lowest BCUT2D eigenvalue weighted by Gasteiger charge is -2.31. The predicted molar refractivity (Wildman–Crippen MR) is 132 cm³/mol. The summed E-state index contributed by atoms with van der Waals surface area (Å²) >= 11 is 2.09. The first-order chi connectivity index (χ1) is 15.8. The van der Waals surface area contributed by atoms with Crippen LogP contribution in [0, 0.1) is 21.3 Å². The van der Waals surface area contributed by atoms with Crippen molar-refractivity contribution in [2.75, 3.05) is 34.5 Å². The molecule has 33 heavy (non-hydrogen) atoms. The van der Waals surface area contributed by atoms with Gasteiger partial charge in [-0.1, -0.05) is 11.6 Å². The van der Waals surface area contributed by atoms with Gasteiger partial charge in [0, 0.05) is 20.1 Å². The van der Waals surface area contributed by atoms with Crippen molar-refractivity contribution in [3.63, 3.8) is 0 Å². The zero-order chi connectivity index (χ0) is 23.9. The third kappa shape index (κ3) is 4.44. The molecule has 1 N–H and O–H groups in total. The second-order valence-electron chi connectivity index (χ2n) is 9.08. The van der Waals surface area contributed by atoms with E-state index in [9.17, 15) is 14.7 Å². The number of nitrogens with zero attached hydrogens (tertiary/aromatic N) is 1. The highest BCUT2D eigenvalue weighted by molar-refractivity contribution is 14.1. The fraction of sp³-hybridized carbons (Fsp3) is 0.520. The van der Waals surface area contributed by atoms with E-state index in [0.29, 0.717) is 25.4 Å². The Morgan fingerprint density at radius 1 is 1.27 bits per heavy atom. The quantitative estimate of drug-likeness (QED) is 0.307. The van der Waals surface area contributed by atoms with Crippen LogP contribution >= 0.6 is 22.6 Å². The van der Waals surface area contributed by atoms with Gasteiger partial charge in [0.2, 0.25) is 11.8 Å². The largest absolute Gasteiger partial charge is 0.504 e. The van der Waals surface area contributed by atoms with Crippen molar-refractivity contribution in [1.82, 2.24) is 4.90 Å². The maximum Gasteiger partial charge on any atom is 0.233 e. The topological polar surface area (TPSA) is 85.3 Å². The molecule has 1 aliphatic carbocycles. The summed E-state index contributed by atoms with van der Waals surface area (Å²) in [6, 6.07) is 3.74. The number of rotatable bonds is 7. The number of methoxy groups -OCH3 is 2. The molecule has 0 saturated carbocycles. The molecule has 2 heterocycles. The molecule has 178 valence electrons. The van der Waals surface area contributed by atoms with E-state index in [2.05, 4.69) is 35.6 Å². The Balaban J connectivity index is 1.52. The Morgan fingerprint density at radius 2 is 2.03 bits per heavy atom. The lowest BCUT2D eigenvalue weighted by atomic mass is 9.69. The van der Waals surface area contributed by atoms with Crippen LogP contribution in [0.3, 0.4) is 0 Å². The van der Waals surface area contributed by atoms with Gasteiger partial charge >= 0.3 is 0 Å². The van der Waals surface area contributed by atoms with Crippen LogP contribution in [-0.4, -0.2) is 62.4 Å². The maximum absolute atomic E-state index is 12.8. The van der Waals surface area contributed by atoms with E-state index in [1.165, 1.54) is 16.0 Å². The number of hydrogen-bond donors (Lipinski definition) is 1. The minimum atomic E-state index is -0.314. The van der Waals surface area contributed by atoms with Crippen molar-refractivity contribution in [1.29, 1.82) is 0 Å². The molecule has 2 fully saturated rings. The molecule has 8 heteroatoms. The van der Waals surface area contributed by atoms with Crippen molar-refractivity contribution >= 4 is 40.5 Å². The van der Waals surface area contributed by atoms with Gasteiger partial charge in [0.1, 0.15) is 0 Å². The van der Waals surface area contributed by atoms with Crippen molar-refractivity contribution in [2.45, 2.75) is 32.3 Å². The highest BCUT2D eigenvalue weighted by atomic mass is 127. The molecule has 2 saturated heterocycles. The number of phenols is 1. The lowest BCUT2D eigenvalue weighted by Crippen LogP contribution is -2.34. The molecule has 0 aromatic heterocycles. The molecule has 4 atom stereocenters. The van der Waals surface area contributed by atoms with Gasteiger partial charge in [-0.05, 0) is 77.6 Å². The van der Waals surface area contributed by atoms with Crippen LogP contribution in [0.15, 0.2) is 28.9 Å². The molecule has 3 aliphatic rings. The Labute approximate surface area is 207 Å². The Bertz CT molecular complexity index is 1030. The zero-order valence-electron chi connectivity index (χ0n) is 19.4. The smallest absolute Gasteiger partial charge is 0.233 e. The zero-order valence-corrected chi connectivity index (χ0v) is 21.5. The highest BCUT2D eigenvalue weighted by Crippen LogP contribution is 2.49. The van der Waals surface area contributed by atoms with Crippen molar-refractivity contribution < 1.29 is 28.9 Å². The van der Waals surface area contributed by atoms with Gasteiger partial charge in [-0.3, -0.25) is 14.5 Å². The van der Waals surface area contributed by atoms with Gasteiger partial charge in [-0.15, -0.1) is 0 Å². The van der Waals surface area contributed by atoms with E-state index >= 15 is 0 Å². The molecule has 0 bridgehead atoms. The van der Waals surface area contributed by atoms with Crippen molar-refractivity contribution in [3.8, 4) is 11.5 Å². The normalized spacial score (nSPS) is 27.3. The number of phenolic OH excluding ortho intramolecular Hbond substituents is 1. The molecular formula is C25H30INO6. The second-order valence-corrected chi connectivity index (χ2v) is 10.2. The number of amides is 2. The summed E-state index contributed by atoms with van der Waals surface area (Å²) in [7, 11) is 4.78. The number of halogens is 1. The SMILES string of the molecule is COCC1=C2[C@@H](CC/C(C)=C/c3cc(I)c(O)c(OC)c3)OC[C@@H]2[C@@H]2C(=O)N(C)C(=O)[C@@H]2C1. The van der Waals surface area contributed by atoms with Crippen molar-refractivity contribution in [3.05, 3.63) is 38.0 Å². The summed E-state index contributed by atoms with van der Waals surface area (Å²) in [5, 5.41) is 10.1.